The van der Waals surface area contributed by atoms with Gasteiger partial charge in [-0.3, -0.25) is 4.79 Å². The van der Waals surface area contributed by atoms with Gasteiger partial charge in [-0.2, -0.15) is 13.2 Å². The van der Waals surface area contributed by atoms with Crippen molar-refractivity contribution in [2.24, 2.45) is 0 Å². The monoisotopic (exact) mass is 217 g/mol. The first-order chi connectivity index (χ1) is 6.79. The Hall–Kier alpha value is -1.52. The summed E-state index contributed by atoms with van der Waals surface area (Å²) in [5.74, 6) is -0.939. The minimum atomic E-state index is -4.47. The predicted octanol–water partition coefficient (Wildman–Crippen LogP) is 2.71. The third-order valence-electron chi connectivity index (χ3n) is 1.95. The Balaban J connectivity index is 2.88. The second kappa shape index (κ2) is 3.92. The van der Waals surface area contributed by atoms with Crippen molar-refractivity contribution in [2.45, 2.75) is 19.5 Å². The van der Waals surface area contributed by atoms with Crippen LogP contribution in [0.2, 0.25) is 0 Å². The molecule has 0 saturated carbocycles. The second-order valence-corrected chi connectivity index (χ2v) is 3.29. The molecule has 1 aromatic rings. The normalized spacial score (nSPS) is 11.5. The molecule has 2 nitrogen and oxygen atoms in total. The molecule has 0 fully saturated rings. The van der Waals surface area contributed by atoms with E-state index in [0.29, 0.717) is 11.3 Å². The molecule has 1 rings (SSSR count). The Labute approximate surface area is 84.9 Å². The lowest BCUT2D eigenvalue weighted by Crippen LogP contribution is -2.15. The Bertz CT molecular complexity index is 385. The number of alkyl halides is 3. The summed E-state index contributed by atoms with van der Waals surface area (Å²) in [7, 11) is 0. The van der Waals surface area contributed by atoms with Crippen molar-refractivity contribution in [1.29, 1.82) is 0 Å². The van der Waals surface area contributed by atoms with Gasteiger partial charge in [0.1, 0.15) is 6.42 Å². The van der Waals surface area contributed by atoms with Crippen LogP contribution in [-0.2, 0) is 0 Å². The van der Waals surface area contributed by atoms with Crippen molar-refractivity contribution in [3.8, 4) is 0 Å². The van der Waals surface area contributed by atoms with E-state index < -0.39 is 18.4 Å². The fraction of sp³-hybridized carbons (Fsp3) is 0.300. The molecule has 0 aromatic heterocycles. The molecule has 0 spiro atoms. The topological polar surface area (TPSA) is 43.1 Å². The third kappa shape index (κ3) is 3.27. The highest BCUT2D eigenvalue weighted by Crippen LogP contribution is 2.23. The highest BCUT2D eigenvalue weighted by Gasteiger charge is 2.31. The number of rotatable bonds is 2. The van der Waals surface area contributed by atoms with E-state index in [0.717, 1.165) is 0 Å². The zero-order chi connectivity index (χ0) is 11.6. The molecule has 0 amide bonds. The van der Waals surface area contributed by atoms with E-state index in [-0.39, 0.29) is 5.56 Å². The van der Waals surface area contributed by atoms with Gasteiger partial charge in [-0.25, -0.2) is 0 Å². The molecular weight excluding hydrogens is 207 g/mol. The number of nitrogen functional groups attached to an aromatic ring is 1. The van der Waals surface area contributed by atoms with E-state index in [1.807, 2.05) is 0 Å². The number of carbonyl (C=O) groups is 1. The molecule has 0 atom stereocenters. The maximum Gasteiger partial charge on any atom is 0.396 e. The van der Waals surface area contributed by atoms with Crippen molar-refractivity contribution in [2.75, 3.05) is 5.73 Å². The summed E-state index contributed by atoms with van der Waals surface area (Å²) in [5, 5.41) is 0. The summed E-state index contributed by atoms with van der Waals surface area (Å²) in [5.41, 5.74) is 6.58. The highest BCUT2D eigenvalue weighted by atomic mass is 19.4. The van der Waals surface area contributed by atoms with E-state index in [4.69, 9.17) is 5.73 Å². The summed E-state index contributed by atoms with van der Waals surface area (Å²) >= 11 is 0. The summed E-state index contributed by atoms with van der Waals surface area (Å²) in [6, 6.07) is 4.10. The molecule has 0 aliphatic carbocycles. The summed E-state index contributed by atoms with van der Waals surface area (Å²) in [4.78, 5) is 11.2. The van der Waals surface area contributed by atoms with Gasteiger partial charge in [0.15, 0.2) is 5.78 Å². The number of carbonyl (C=O) groups excluding carboxylic acids is 1. The van der Waals surface area contributed by atoms with Gasteiger partial charge >= 0.3 is 6.18 Å². The second-order valence-electron chi connectivity index (χ2n) is 3.29. The number of ketones is 1. The van der Waals surface area contributed by atoms with E-state index in [2.05, 4.69) is 0 Å². The smallest absolute Gasteiger partial charge is 0.396 e. The van der Waals surface area contributed by atoms with Gasteiger partial charge in [-0.15, -0.1) is 0 Å². The van der Waals surface area contributed by atoms with Crippen molar-refractivity contribution < 1.29 is 18.0 Å². The van der Waals surface area contributed by atoms with E-state index in [9.17, 15) is 18.0 Å². The molecule has 82 valence electrons. The molecule has 0 aliphatic heterocycles. The molecule has 5 heteroatoms. The lowest BCUT2D eigenvalue weighted by Gasteiger charge is -2.06. The number of Topliss-reactive ketones (excluding diaryl/α,β-unsaturated/α-hetero) is 1. The first-order valence-electron chi connectivity index (χ1n) is 4.25. The molecule has 1 aromatic carbocycles. The molecule has 15 heavy (non-hydrogen) atoms. The fourth-order valence-electron chi connectivity index (χ4n) is 1.13. The number of aryl methyl sites for hydroxylation is 1. The minimum Gasteiger partial charge on any atom is -0.399 e. The lowest BCUT2D eigenvalue weighted by atomic mass is 10.0. The number of nitrogens with two attached hydrogens (primary N) is 1. The van der Waals surface area contributed by atoms with Crippen LogP contribution in [0, 0.1) is 6.92 Å². The summed E-state index contributed by atoms with van der Waals surface area (Å²) < 4.78 is 35.8. The number of hydrogen-bond acceptors (Lipinski definition) is 2. The molecular formula is C10H10F3NO. The first kappa shape index (κ1) is 11.6. The van der Waals surface area contributed by atoms with Crippen LogP contribution in [0.1, 0.15) is 22.3 Å². The van der Waals surface area contributed by atoms with Crippen LogP contribution >= 0.6 is 0 Å². The molecule has 0 radical (unpaired) electrons. The number of anilines is 1. The average molecular weight is 217 g/mol. The van der Waals surface area contributed by atoms with Crippen LogP contribution < -0.4 is 5.73 Å². The molecule has 0 aliphatic rings. The average Bonchev–Trinajstić information content (AvgIpc) is 2.06. The largest absolute Gasteiger partial charge is 0.399 e. The number of hydrogen-bond donors (Lipinski definition) is 1. The summed E-state index contributed by atoms with van der Waals surface area (Å²) in [6.45, 7) is 1.64. The molecule has 0 unspecified atom stereocenters. The zero-order valence-corrected chi connectivity index (χ0v) is 8.06. The van der Waals surface area contributed by atoms with Crippen molar-refractivity contribution >= 4 is 11.5 Å². The van der Waals surface area contributed by atoms with E-state index >= 15 is 0 Å². The predicted molar refractivity (Wildman–Crippen MR) is 50.6 cm³/mol. The summed E-state index contributed by atoms with van der Waals surface area (Å²) in [6.07, 6.45) is -5.90. The Morgan fingerprint density at radius 3 is 2.47 bits per heavy atom. The zero-order valence-electron chi connectivity index (χ0n) is 8.06. The van der Waals surface area contributed by atoms with Crippen molar-refractivity contribution in [1.82, 2.24) is 0 Å². The fourth-order valence-corrected chi connectivity index (χ4v) is 1.13. The molecule has 0 saturated heterocycles. The van der Waals surface area contributed by atoms with Gasteiger partial charge in [0.2, 0.25) is 0 Å². The van der Waals surface area contributed by atoms with Gasteiger partial charge in [0, 0.05) is 11.3 Å². The molecule has 0 heterocycles. The van der Waals surface area contributed by atoms with Crippen LogP contribution in [-0.4, -0.2) is 12.0 Å². The van der Waals surface area contributed by atoms with Crippen LogP contribution in [0.5, 0.6) is 0 Å². The maximum atomic E-state index is 11.9. The van der Waals surface area contributed by atoms with Crippen LogP contribution in [0.15, 0.2) is 18.2 Å². The van der Waals surface area contributed by atoms with Gasteiger partial charge in [-0.05, 0) is 30.7 Å². The van der Waals surface area contributed by atoms with Crippen molar-refractivity contribution in [3.63, 3.8) is 0 Å². The van der Waals surface area contributed by atoms with Gasteiger partial charge in [-0.1, -0.05) is 0 Å². The first-order valence-corrected chi connectivity index (χ1v) is 4.25. The lowest BCUT2D eigenvalue weighted by molar-refractivity contribution is -0.125. The SMILES string of the molecule is Cc1cc(C(=O)CC(F)(F)F)ccc1N. The maximum absolute atomic E-state index is 11.9. The van der Waals surface area contributed by atoms with E-state index in [1.54, 1.807) is 6.92 Å². The minimum absolute atomic E-state index is 0.0408. The quantitative estimate of drug-likeness (QED) is 0.611. The molecule has 2 N–H and O–H groups in total. The van der Waals surface area contributed by atoms with Gasteiger partial charge in [0.05, 0.1) is 0 Å². The Morgan fingerprint density at radius 1 is 1.40 bits per heavy atom. The van der Waals surface area contributed by atoms with Crippen LogP contribution in [0.4, 0.5) is 18.9 Å². The third-order valence-corrected chi connectivity index (χ3v) is 1.95. The Morgan fingerprint density at radius 2 is 2.00 bits per heavy atom. The molecule has 0 bridgehead atoms. The number of benzene rings is 1. The highest BCUT2D eigenvalue weighted by molar-refractivity contribution is 5.97. The van der Waals surface area contributed by atoms with Gasteiger partial charge < -0.3 is 5.73 Å². The van der Waals surface area contributed by atoms with Crippen LogP contribution in [0.3, 0.4) is 0 Å². The standard InChI is InChI=1S/C10H10F3NO/c1-6-4-7(2-3-8(6)14)9(15)5-10(11,12)13/h2-4H,5,14H2,1H3. The Kier molecular flexibility index (Phi) is 3.02. The number of halogens is 3. The van der Waals surface area contributed by atoms with Gasteiger partial charge in [0.25, 0.3) is 0 Å². The van der Waals surface area contributed by atoms with Crippen LogP contribution in [0.25, 0.3) is 0 Å². The van der Waals surface area contributed by atoms with Crippen molar-refractivity contribution in [3.05, 3.63) is 29.3 Å². The van der Waals surface area contributed by atoms with E-state index in [1.165, 1.54) is 18.2 Å².